The van der Waals surface area contributed by atoms with Crippen LogP contribution >= 0.6 is 23.5 Å². The summed E-state index contributed by atoms with van der Waals surface area (Å²) >= 11 is 7.68. The molecular formula is C22H24ClNO2S. The van der Waals surface area contributed by atoms with Gasteiger partial charge in [-0.05, 0) is 53.6 Å². The fourth-order valence-corrected chi connectivity index (χ4v) is 4.84. The van der Waals surface area contributed by atoms with E-state index >= 15 is 0 Å². The minimum absolute atomic E-state index is 0.0196. The maximum atomic E-state index is 12.1. The monoisotopic (exact) mass is 401 g/mol. The summed E-state index contributed by atoms with van der Waals surface area (Å²) in [7, 11) is 0. The standard InChI is InChI=1S/C22H24ClNO2S/c1-14-7-5-6-8-18(14)27-24-19(22(2,3)4)13-17(21(25)26)20(24)15-9-11-16(23)12-10-15/h5-13,19-20H,1-4H3,(H,25,26). The average Bonchev–Trinajstić information content (AvgIpc) is 2.97. The lowest BCUT2D eigenvalue weighted by Gasteiger charge is -2.37. The minimum atomic E-state index is -0.878. The Balaban J connectivity index is 2.09. The van der Waals surface area contributed by atoms with Crippen molar-refractivity contribution >= 4 is 29.5 Å². The highest BCUT2D eigenvalue weighted by molar-refractivity contribution is 7.97. The molecule has 0 radical (unpaired) electrons. The quantitative estimate of drug-likeness (QED) is 0.625. The molecule has 1 heterocycles. The van der Waals surface area contributed by atoms with Gasteiger partial charge < -0.3 is 5.11 Å². The first-order chi connectivity index (χ1) is 12.7. The lowest BCUT2D eigenvalue weighted by Crippen LogP contribution is -2.37. The van der Waals surface area contributed by atoms with Gasteiger partial charge in [-0.3, -0.25) is 0 Å². The molecule has 27 heavy (non-hydrogen) atoms. The highest BCUT2D eigenvalue weighted by Gasteiger charge is 2.44. The third kappa shape index (κ3) is 4.23. The van der Waals surface area contributed by atoms with E-state index < -0.39 is 5.97 Å². The molecule has 1 aliphatic rings. The predicted octanol–water partition coefficient (Wildman–Crippen LogP) is 6.14. The lowest BCUT2D eigenvalue weighted by atomic mass is 9.87. The van der Waals surface area contributed by atoms with Crippen molar-refractivity contribution in [2.75, 3.05) is 0 Å². The summed E-state index contributed by atoms with van der Waals surface area (Å²) in [4.78, 5) is 13.2. The van der Waals surface area contributed by atoms with Crippen molar-refractivity contribution in [2.24, 2.45) is 5.41 Å². The molecule has 0 spiro atoms. The van der Waals surface area contributed by atoms with Crippen LogP contribution in [0.3, 0.4) is 0 Å². The summed E-state index contributed by atoms with van der Waals surface area (Å²) in [6.07, 6.45) is 1.91. The molecule has 0 saturated heterocycles. The van der Waals surface area contributed by atoms with E-state index in [0.29, 0.717) is 10.6 Å². The molecule has 0 fully saturated rings. The van der Waals surface area contributed by atoms with E-state index in [-0.39, 0.29) is 17.5 Å². The zero-order valence-electron chi connectivity index (χ0n) is 15.9. The van der Waals surface area contributed by atoms with E-state index in [1.165, 1.54) is 5.56 Å². The Morgan fingerprint density at radius 1 is 1.11 bits per heavy atom. The van der Waals surface area contributed by atoms with Gasteiger partial charge in [-0.1, -0.05) is 68.8 Å². The van der Waals surface area contributed by atoms with Crippen LogP contribution in [0.2, 0.25) is 5.02 Å². The molecule has 3 nitrogen and oxygen atoms in total. The van der Waals surface area contributed by atoms with E-state index in [0.717, 1.165) is 10.5 Å². The molecule has 2 unspecified atom stereocenters. The number of benzene rings is 2. The van der Waals surface area contributed by atoms with E-state index in [2.05, 4.69) is 44.1 Å². The summed E-state index contributed by atoms with van der Waals surface area (Å²) in [5.74, 6) is -0.878. The maximum Gasteiger partial charge on any atom is 0.333 e. The van der Waals surface area contributed by atoms with Gasteiger partial charge in [0.2, 0.25) is 0 Å². The Hall–Kier alpha value is -1.75. The van der Waals surface area contributed by atoms with Crippen molar-refractivity contribution in [2.45, 2.75) is 44.7 Å². The smallest absolute Gasteiger partial charge is 0.333 e. The zero-order chi connectivity index (χ0) is 19.8. The van der Waals surface area contributed by atoms with Crippen molar-refractivity contribution in [3.63, 3.8) is 0 Å². The van der Waals surface area contributed by atoms with Crippen LogP contribution in [0.5, 0.6) is 0 Å². The number of carboxylic acids is 1. The molecule has 5 heteroatoms. The Bertz CT molecular complexity index is 871. The van der Waals surface area contributed by atoms with Crippen molar-refractivity contribution in [3.05, 3.63) is 76.3 Å². The number of carbonyl (C=O) groups is 1. The number of rotatable bonds is 4. The third-order valence-electron chi connectivity index (χ3n) is 4.78. The third-order valence-corrected chi connectivity index (χ3v) is 6.33. The van der Waals surface area contributed by atoms with Crippen molar-refractivity contribution in [3.8, 4) is 0 Å². The molecule has 3 rings (SSSR count). The van der Waals surface area contributed by atoms with Gasteiger partial charge in [-0.15, -0.1) is 0 Å². The van der Waals surface area contributed by atoms with E-state index in [9.17, 15) is 9.90 Å². The van der Waals surface area contributed by atoms with E-state index in [4.69, 9.17) is 11.6 Å². The summed E-state index contributed by atoms with van der Waals surface area (Å²) in [6.45, 7) is 8.50. The van der Waals surface area contributed by atoms with Crippen LogP contribution < -0.4 is 0 Å². The highest BCUT2D eigenvalue weighted by atomic mass is 35.5. The van der Waals surface area contributed by atoms with Crippen LogP contribution in [0.1, 0.15) is 37.9 Å². The SMILES string of the molecule is Cc1ccccc1SN1C(c2ccc(Cl)cc2)C(C(=O)O)=CC1C(C)(C)C. The normalized spacial score (nSPS) is 20.6. The Morgan fingerprint density at radius 2 is 1.74 bits per heavy atom. The molecular weight excluding hydrogens is 378 g/mol. The Labute approximate surface area is 170 Å². The number of nitrogens with zero attached hydrogens (tertiary/aromatic N) is 1. The second-order valence-corrected chi connectivity index (χ2v) is 9.39. The summed E-state index contributed by atoms with van der Waals surface area (Å²) in [5, 5.41) is 10.5. The van der Waals surface area contributed by atoms with Gasteiger partial charge in [-0.25, -0.2) is 9.10 Å². The first-order valence-corrected chi connectivity index (χ1v) is 10.1. The molecule has 2 atom stereocenters. The lowest BCUT2D eigenvalue weighted by molar-refractivity contribution is -0.133. The molecule has 1 N–H and O–H groups in total. The predicted molar refractivity (Wildman–Crippen MR) is 112 cm³/mol. The van der Waals surface area contributed by atoms with Crippen molar-refractivity contribution in [1.29, 1.82) is 0 Å². The van der Waals surface area contributed by atoms with Crippen LogP contribution in [-0.4, -0.2) is 21.4 Å². The number of aliphatic carboxylic acids is 1. The summed E-state index contributed by atoms with van der Waals surface area (Å²) in [6, 6.07) is 15.3. The van der Waals surface area contributed by atoms with Gasteiger partial charge in [0, 0.05) is 16.0 Å². The number of aryl methyl sites for hydroxylation is 1. The summed E-state index contributed by atoms with van der Waals surface area (Å²) in [5.41, 5.74) is 2.41. The van der Waals surface area contributed by atoms with Crippen LogP contribution in [0.15, 0.2) is 65.1 Å². The molecule has 2 aromatic rings. The van der Waals surface area contributed by atoms with Crippen molar-refractivity contribution in [1.82, 2.24) is 4.31 Å². The fourth-order valence-electron chi connectivity index (χ4n) is 3.31. The molecule has 0 aromatic heterocycles. The van der Waals surface area contributed by atoms with Crippen LogP contribution in [0.4, 0.5) is 0 Å². The topological polar surface area (TPSA) is 40.5 Å². The van der Waals surface area contributed by atoms with E-state index in [1.807, 2.05) is 42.5 Å². The second kappa shape index (κ2) is 7.70. The van der Waals surface area contributed by atoms with Gasteiger partial charge in [0.25, 0.3) is 0 Å². The highest BCUT2D eigenvalue weighted by Crippen LogP contribution is 2.48. The molecule has 142 valence electrons. The summed E-state index contributed by atoms with van der Waals surface area (Å²) < 4.78 is 2.22. The number of halogens is 1. The van der Waals surface area contributed by atoms with Gasteiger partial charge in [0.1, 0.15) is 0 Å². The minimum Gasteiger partial charge on any atom is -0.478 e. The first-order valence-electron chi connectivity index (χ1n) is 8.91. The molecule has 0 saturated carbocycles. The molecule has 0 bridgehead atoms. The number of hydrogen-bond donors (Lipinski definition) is 1. The largest absolute Gasteiger partial charge is 0.478 e. The molecule has 0 amide bonds. The number of hydrogen-bond acceptors (Lipinski definition) is 3. The van der Waals surface area contributed by atoms with E-state index in [1.54, 1.807) is 11.9 Å². The molecule has 1 aliphatic heterocycles. The van der Waals surface area contributed by atoms with Gasteiger partial charge >= 0.3 is 5.97 Å². The van der Waals surface area contributed by atoms with Gasteiger partial charge in [0.15, 0.2) is 0 Å². The fraction of sp³-hybridized carbons (Fsp3) is 0.318. The zero-order valence-corrected chi connectivity index (χ0v) is 17.5. The average molecular weight is 402 g/mol. The van der Waals surface area contributed by atoms with Gasteiger partial charge in [-0.2, -0.15) is 0 Å². The molecule has 0 aliphatic carbocycles. The second-order valence-electron chi connectivity index (χ2n) is 7.91. The van der Waals surface area contributed by atoms with Crippen LogP contribution in [-0.2, 0) is 4.79 Å². The number of carboxylic acid groups (broad SMARTS) is 1. The van der Waals surface area contributed by atoms with Crippen molar-refractivity contribution < 1.29 is 9.90 Å². The Morgan fingerprint density at radius 3 is 2.30 bits per heavy atom. The van der Waals surface area contributed by atoms with Gasteiger partial charge in [0.05, 0.1) is 11.6 Å². The maximum absolute atomic E-state index is 12.1. The first kappa shape index (κ1) is 20.0. The molecule has 2 aromatic carbocycles. The van der Waals surface area contributed by atoms with Crippen LogP contribution in [0.25, 0.3) is 0 Å². The van der Waals surface area contributed by atoms with Crippen LogP contribution in [0, 0.1) is 12.3 Å². The Kier molecular flexibility index (Phi) is 5.71.